The third-order valence-electron chi connectivity index (χ3n) is 5.53. The Labute approximate surface area is 177 Å². The van der Waals surface area contributed by atoms with Gasteiger partial charge in [-0.15, -0.1) is 0 Å². The second kappa shape index (κ2) is 7.81. The Kier molecular flexibility index (Phi) is 4.83. The van der Waals surface area contributed by atoms with Gasteiger partial charge in [0, 0.05) is 19.3 Å². The van der Waals surface area contributed by atoms with Crippen molar-refractivity contribution in [3.05, 3.63) is 87.8 Å². The molecule has 0 saturated carbocycles. The van der Waals surface area contributed by atoms with E-state index >= 15 is 0 Å². The fourth-order valence-electron chi connectivity index (χ4n) is 3.91. The molecule has 1 saturated heterocycles. The van der Waals surface area contributed by atoms with Crippen LogP contribution >= 0.6 is 0 Å². The van der Waals surface area contributed by atoms with Crippen molar-refractivity contribution in [2.45, 2.75) is 6.54 Å². The molecule has 0 aliphatic carbocycles. The Balaban J connectivity index is 1.78. The van der Waals surface area contributed by atoms with Crippen molar-refractivity contribution in [2.24, 2.45) is 0 Å². The minimum absolute atomic E-state index is 0.0417. The van der Waals surface area contributed by atoms with E-state index in [1.165, 1.54) is 10.5 Å². The molecule has 5 rings (SSSR count). The standard InChI is InChI=1S/C23H21N5O3/c24-20-17(22(29)26-10-12-31-13-11-26)14-18-21(28(20)15-16-6-2-1-3-7-16)25-19-8-4-5-9-27(19)23(18)30/h1-9,14,24H,10-13,15H2. The third-order valence-corrected chi connectivity index (χ3v) is 5.53. The number of benzene rings is 1. The molecule has 8 nitrogen and oxygen atoms in total. The second-order valence-electron chi connectivity index (χ2n) is 7.47. The van der Waals surface area contributed by atoms with Crippen LogP contribution in [0, 0.1) is 5.41 Å². The maximum absolute atomic E-state index is 13.3. The van der Waals surface area contributed by atoms with Crippen LogP contribution in [0.25, 0.3) is 16.7 Å². The molecule has 1 aliphatic heterocycles. The number of pyridine rings is 2. The van der Waals surface area contributed by atoms with Crippen LogP contribution in [-0.4, -0.2) is 51.1 Å². The fourth-order valence-corrected chi connectivity index (χ4v) is 3.91. The molecule has 0 unspecified atom stereocenters. The highest BCUT2D eigenvalue weighted by Gasteiger charge is 2.23. The number of rotatable bonds is 3. The van der Waals surface area contributed by atoms with E-state index in [2.05, 4.69) is 4.98 Å². The summed E-state index contributed by atoms with van der Waals surface area (Å²) in [5, 5.41) is 9.15. The van der Waals surface area contributed by atoms with Crippen molar-refractivity contribution in [2.75, 3.05) is 26.3 Å². The number of aromatic nitrogens is 3. The summed E-state index contributed by atoms with van der Waals surface area (Å²) in [5.74, 6) is -0.269. The Morgan fingerprint density at radius 2 is 1.81 bits per heavy atom. The molecule has 0 spiro atoms. The van der Waals surface area contributed by atoms with Crippen LogP contribution in [0.2, 0.25) is 0 Å². The molecule has 31 heavy (non-hydrogen) atoms. The Hall–Kier alpha value is -3.78. The molecule has 1 aromatic carbocycles. The van der Waals surface area contributed by atoms with Gasteiger partial charge in [-0.05, 0) is 23.8 Å². The van der Waals surface area contributed by atoms with Crippen LogP contribution in [0.5, 0.6) is 0 Å². The molecule has 8 heteroatoms. The molecular formula is C23H21N5O3. The summed E-state index contributed by atoms with van der Waals surface area (Å²) < 4.78 is 8.45. The minimum Gasteiger partial charge on any atom is -0.378 e. The van der Waals surface area contributed by atoms with Gasteiger partial charge < -0.3 is 14.2 Å². The van der Waals surface area contributed by atoms with Crippen LogP contribution < -0.4 is 11.0 Å². The summed E-state index contributed by atoms with van der Waals surface area (Å²) in [6.45, 7) is 2.18. The van der Waals surface area contributed by atoms with Crippen molar-refractivity contribution in [1.29, 1.82) is 5.41 Å². The number of fused-ring (bicyclic) bond motifs is 2. The van der Waals surface area contributed by atoms with E-state index in [0.29, 0.717) is 49.5 Å². The molecule has 4 aromatic rings. The number of nitrogens with zero attached hydrogens (tertiary/aromatic N) is 4. The summed E-state index contributed by atoms with van der Waals surface area (Å²) >= 11 is 0. The van der Waals surface area contributed by atoms with Gasteiger partial charge in [0.05, 0.1) is 30.7 Å². The van der Waals surface area contributed by atoms with E-state index in [1.54, 1.807) is 27.8 Å². The average molecular weight is 415 g/mol. The molecular weight excluding hydrogens is 394 g/mol. The minimum atomic E-state index is -0.269. The van der Waals surface area contributed by atoms with Gasteiger partial charge in [-0.2, -0.15) is 0 Å². The predicted octanol–water partition coefficient (Wildman–Crippen LogP) is 1.65. The summed E-state index contributed by atoms with van der Waals surface area (Å²) in [6, 6.07) is 16.5. The largest absolute Gasteiger partial charge is 0.378 e. The van der Waals surface area contributed by atoms with Crippen molar-refractivity contribution in [3.63, 3.8) is 0 Å². The van der Waals surface area contributed by atoms with Crippen LogP contribution in [0.1, 0.15) is 15.9 Å². The molecule has 156 valence electrons. The smallest absolute Gasteiger partial charge is 0.267 e. The first kappa shape index (κ1) is 19.2. The van der Waals surface area contributed by atoms with Crippen LogP contribution in [0.3, 0.4) is 0 Å². The normalized spacial score (nSPS) is 14.3. The van der Waals surface area contributed by atoms with Crippen LogP contribution in [0.15, 0.2) is 65.6 Å². The van der Waals surface area contributed by atoms with Gasteiger partial charge in [0.25, 0.3) is 11.5 Å². The van der Waals surface area contributed by atoms with Gasteiger partial charge in [0.2, 0.25) is 0 Å². The summed E-state index contributed by atoms with van der Waals surface area (Å²) in [4.78, 5) is 32.8. The summed E-state index contributed by atoms with van der Waals surface area (Å²) in [5.41, 5.74) is 1.81. The van der Waals surface area contributed by atoms with Gasteiger partial charge in [0.1, 0.15) is 16.8 Å². The number of morpholine rings is 1. The first-order valence-electron chi connectivity index (χ1n) is 10.1. The number of nitrogens with one attached hydrogen (secondary N) is 1. The van der Waals surface area contributed by atoms with E-state index in [0.717, 1.165) is 5.56 Å². The Bertz CT molecular complexity index is 1400. The number of amides is 1. The maximum Gasteiger partial charge on any atom is 0.267 e. The highest BCUT2D eigenvalue weighted by molar-refractivity contribution is 5.97. The number of hydrogen-bond acceptors (Lipinski definition) is 5. The van der Waals surface area contributed by atoms with E-state index in [-0.39, 0.29) is 22.5 Å². The molecule has 1 N–H and O–H groups in total. The lowest BCUT2D eigenvalue weighted by Crippen LogP contribution is -2.43. The zero-order valence-electron chi connectivity index (χ0n) is 16.8. The van der Waals surface area contributed by atoms with Gasteiger partial charge in [-0.1, -0.05) is 36.4 Å². The van der Waals surface area contributed by atoms with E-state index in [9.17, 15) is 9.59 Å². The molecule has 0 radical (unpaired) electrons. The number of hydrogen-bond donors (Lipinski definition) is 1. The lowest BCUT2D eigenvalue weighted by Gasteiger charge is -2.27. The number of carbonyl (C=O) groups excluding carboxylic acids is 1. The van der Waals surface area contributed by atoms with Gasteiger partial charge >= 0.3 is 0 Å². The molecule has 0 bridgehead atoms. The SMILES string of the molecule is N=c1c(C(=O)N2CCOCC2)cc2c(=O)n3ccccc3nc2n1Cc1ccccc1. The second-order valence-corrected chi connectivity index (χ2v) is 7.47. The van der Waals surface area contributed by atoms with E-state index in [4.69, 9.17) is 10.1 Å². The van der Waals surface area contributed by atoms with Gasteiger partial charge in [0.15, 0.2) is 0 Å². The fraction of sp³-hybridized carbons (Fsp3) is 0.217. The van der Waals surface area contributed by atoms with E-state index in [1.807, 2.05) is 36.4 Å². The molecule has 4 heterocycles. The Morgan fingerprint density at radius 1 is 1.06 bits per heavy atom. The highest BCUT2D eigenvalue weighted by atomic mass is 16.5. The van der Waals surface area contributed by atoms with Crippen molar-refractivity contribution in [3.8, 4) is 0 Å². The highest BCUT2D eigenvalue weighted by Crippen LogP contribution is 2.14. The topological polar surface area (TPSA) is 92.7 Å². The number of ether oxygens (including phenoxy) is 1. The number of carbonyl (C=O) groups is 1. The first-order chi connectivity index (χ1) is 15.1. The van der Waals surface area contributed by atoms with E-state index < -0.39 is 0 Å². The molecule has 3 aromatic heterocycles. The molecule has 1 fully saturated rings. The van der Waals surface area contributed by atoms with Crippen molar-refractivity contribution >= 4 is 22.6 Å². The average Bonchev–Trinajstić information content (AvgIpc) is 2.82. The van der Waals surface area contributed by atoms with Gasteiger partial charge in [-0.3, -0.25) is 19.4 Å². The summed E-state index contributed by atoms with van der Waals surface area (Å²) in [6.07, 6.45) is 1.66. The monoisotopic (exact) mass is 415 g/mol. The summed E-state index contributed by atoms with van der Waals surface area (Å²) in [7, 11) is 0. The zero-order chi connectivity index (χ0) is 21.4. The molecule has 1 aliphatic rings. The molecule has 1 amide bonds. The Morgan fingerprint density at radius 3 is 2.58 bits per heavy atom. The zero-order valence-corrected chi connectivity index (χ0v) is 16.8. The van der Waals surface area contributed by atoms with Crippen molar-refractivity contribution in [1.82, 2.24) is 18.9 Å². The predicted molar refractivity (Wildman–Crippen MR) is 115 cm³/mol. The van der Waals surface area contributed by atoms with Crippen molar-refractivity contribution < 1.29 is 9.53 Å². The maximum atomic E-state index is 13.3. The van der Waals surface area contributed by atoms with Gasteiger partial charge in [-0.25, -0.2) is 4.98 Å². The first-order valence-corrected chi connectivity index (χ1v) is 10.1. The van der Waals surface area contributed by atoms with Crippen LogP contribution in [0.4, 0.5) is 0 Å². The third kappa shape index (κ3) is 3.40. The van der Waals surface area contributed by atoms with Crippen LogP contribution in [-0.2, 0) is 11.3 Å². The lowest BCUT2D eigenvalue weighted by molar-refractivity contribution is 0.0301. The lowest BCUT2D eigenvalue weighted by atomic mass is 10.1. The quantitative estimate of drug-likeness (QED) is 0.515. The molecule has 0 atom stereocenters.